The van der Waals surface area contributed by atoms with Gasteiger partial charge in [-0.05, 0) is 17.9 Å². The second kappa shape index (κ2) is 13.8. The SMILES string of the molecule is CCCCCCCCCCCCCCCCOc1cc2nc(C)oc2cc1C(C)(C)C. The fourth-order valence-electron chi connectivity index (χ4n) is 4.25. The molecule has 1 heterocycles. The number of fused-ring (bicyclic) bond motifs is 1. The third-order valence-corrected chi connectivity index (χ3v) is 6.16. The van der Waals surface area contributed by atoms with Crippen molar-refractivity contribution in [2.24, 2.45) is 0 Å². The maximum Gasteiger partial charge on any atom is 0.192 e. The van der Waals surface area contributed by atoms with Crippen LogP contribution in [-0.4, -0.2) is 11.6 Å². The Labute approximate surface area is 191 Å². The van der Waals surface area contributed by atoms with Crippen LogP contribution < -0.4 is 4.74 Å². The molecule has 0 saturated carbocycles. The third-order valence-electron chi connectivity index (χ3n) is 6.16. The van der Waals surface area contributed by atoms with Crippen LogP contribution in [-0.2, 0) is 5.41 Å². The Bertz CT molecular complexity index is 741. The van der Waals surface area contributed by atoms with Crippen LogP contribution in [0.3, 0.4) is 0 Å². The van der Waals surface area contributed by atoms with E-state index in [9.17, 15) is 0 Å². The van der Waals surface area contributed by atoms with E-state index in [1.807, 2.05) is 6.92 Å². The Morgan fingerprint density at radius 1 is 0.774 bits per heavy atom. The van der Waals surface area contributed by atoms with Gasteiger partial charge in [-0.25, -0.2) is 4.98 Å². The van der Waals surface area contributed by atoms with Crippen molar-refractivity contribution >= 4 is 11.1 Å². The molecule has 1 aromatic carbocycles. The summed E-state index contributed by atoms with van der Waals surface area (Å²) in [6.07, 6.45) is 19.3. The minimum absolute atomic E-state index is 0.0136. The number of aromatic nitrogens is 1. The molecule has 0 saturated heterocycles. The Morgan fingerprint density at radius 2 is 1.29 bits per heavy atom. The van der Waals surface area contributed by atoms with E-state index in [1.165, 1.54) is 89.0 Å². The molecular weight excluding hydrogens is 382 g/mol. The lowest BCUT2D eigenvalue weighted by Crippen LogP contribution is -2.14. The number of aryl methyl sites for hydroxylation is 1. The summed E-state index contributed by atoms with van der Waals surface area (Å²) in [7, 11) is 0. The second-order valence-corrected chi connectivity index (χ2v) is 10.2. The molecule has 1 aromatic heterocycles. The van der Waals surface area contributed by atoms with Gasteiger partial charge in [-0.2, -0.15) is 0 Å². The van der Waals surface area contributed by atoms with Crippen LogP contribution in [0.1, 0.15) is 129 Å². The summed E-state index contributed by atoms with van der Waals surface area (Å²) in [5.41, 5.74) is 2.95. The van der Waals surface area contributed by atoms with E-state index in [0.717, 1.165) is 29.9 Å². The molecule has 0 spiro atoms. The molecule has 0 N–H and O–H groups in total. The molecule has 3 heteroatoms. The molecule has 0 atom stereocenters. The Balaban J connectivity index is 1.56. The molecule has 0 aliphatic rings. The molecule has 0 radical (unpaired) electrons. The van der Waals surface area contributed by atoms with Crippen LogP contribution in [0.5, 0.6) is 5.75 Å². The van der Waals surface area contributed by atoms with Gasteiger partial charge in [0.25, 0.3) is 0 Å². The highest BCUT2D eigenvalue weighted by Gasteiger charge is 2.21. The van der Waals surface area contributed by atoms with E-state index in [2.05, 4.69) is 44.8 Å². The van der Waals surface area contributed by atoms with Gasteiger partial charge in [-0.1, -0.05) is 111 Å². The van der Waals surface area contributed by atoms with Crippen LogP contribution in [0.2, 0.25) is 0 Å². The first kappa shape index (κ1) is 25.7. The third kappa shape index (κ3) is 9.66. The van der Waals surface area contributed by atoms with E-state index in [-0.39, 0.29) is 5.41 Å². The van der Waals surface area contributed by atoms with Crippen molar-refractivity contribution in [3.05, 3.63) is 23.6 Å². The minimum Gasteiger partial charge on any atom is -0.493 e. The lowest BCUT2D eigenvalue weighted by molar-refractivity contribution is 0.297. The summed E-state index contributed by atoms with van der Waals surface area (Å²) in [6.45, 7) is 11.6. The number of hydrogen-bond donors (Lipinski definition) is 0. The highest BCUT2D eigenvalue weighted by Crippen LogP contribution is 2.35. The van der Waals surface area contributed by atoms with Gasteiger partial charge in [-0.15, -0.1) is 0 Å². The average Bonchev–Trinajstić information content (AvgIpc) is 3.08. The highest BCUT2D eigenvalue weighted by molar-refractivity contribution is 5.76. The zero-order valence-electron chi connectivity index (χ0n) is 21.0. The number of nitrogens with zero attached hydrogens (tertiary/aromatic N) is 1. The molecule has 0 aliphatic heterocycles. The Morgan fingerprint density at radius 3 is 1.81 bits per heavy atom. The van der Waals surface area contributed by atoms with Crippen LogP contribution in [0.25, 0.3) is 11.1 Å². The molecule has 0 aliphatic carbocycles. The second-order valence-electron chi connectivity index (χ2n) is 10.2. The van der Waals surface area contributed by atoms with Crippen molar-refractivity contribution in [2.45, 2.75) is 130 Å². The van der Waals surface area contributed by atoms with E-state index in [0.29, 0.717) is 5.89 Å². The lowest BCUT2D eigenvalue weighted by atomic mass is 9.86. The summed E-state index contributed by atoms with van der Waals surface area (Å²) >= 11 is 0. The zero-order chi connectivity index (χ0) is 22.5. The normalized spacial score (nSPS) is 12.0. The maximum atomic E-state index is 6.21. The first-order valence-electron chi connectivity index (χ1n) is 13.0. The fourth-order valence-corrected chi connectivity index (χ4v) is 4.25. The molecule has 2 rings (SSSR count). The number of unbranched alkanes of at least 4 members (excludes halogenated alkanes) is 13. The van der Waals surface area contributed by atoms with Crippen molar-refractivity contribution in [3.8, 4) is 5.75 Å². The average molecular weight is 430 g/mol. The van der Waals surface area contributed by atoms with Gasteiger partial charge in [0.2, 0.25) is 0 Å². The van der Waals surface area contributed by atoms with E-state index in [4.69, 9.17) is 9.15 Å². The summed E-state index contributed by atoms with van der Waals surface area (Å²) < 4.78 is 11.9. The first-order chi connectivity index (χ1) is 14.9. The number of hydrogen-bond acceptors (Lipinski definition) is 3. The highest BCUT2D eigenvalue weighted by atomic mass is 16.5. The quantitative estimate of drug-likeness (QED) is 0.249. The molecule has 31 heavy (non-hydrogen) atoms. The largest absolute Gasteiger partial charge is 0.493 e. The lowest BCUT2D eigenvalue weighted by Gasteiger charge is -2.22. The minimum atomic E-state index is 0.0136. The molecule has 176 valence electrons. The van der Waals surface area contributed by atoms with Crippen LogP contribution in [0.4, 0.5) is 0 Å². The molecule has 3 nitrogen and oxygen atoms in total. The molecule has 2 aromatic rings. The predicted molar refractivity (Wildman–Crippen MR) is 133 cm³/mol. The van der Waals surface area contributed by atoms with Crippen molar-refractivity contribution in [1.82, 2.24) is 4.98 Å². The monoisotopic (exact) mass is 429 g/mol. The zero-order valence-corrected chi connectivity index (χ0v) is 21.0. The van der Waals surface area contributed by atoms with Gasteiger partial charge in [0.1, 0.15) is 11.3 Å². The summed E-state index contributed by atoms with van der Waals surface area (Å²) in [4.78, 5) is 4.47. The maximum absolute atomic E-state index is 6.21. The van der Waals surface area contributed by atoms with Gasteiger partial charge in [0.05, 0.1) is 6.61 Å². The molecular formula is C28H47NO2. The summed E-state index contributed by atoms with van der Waals surface area (Å²) in [5.74, 6) is 1.67. The molecule has 0 fully saturated rings. The topological polar surface area (TPSA) is 35.3 Å². The molecule has 0 bridgehead atoms. The van der Waals surface area contributed by atoms with Crippen LogP contribution >= 0.6 is 0 Å². The Kier molecular flexibility index (Phi) is 11.5. The standard InChI is InChI=1S/C28H47NO2/c1-6-7-8-9-10-11-12-13-14-15-16-17-18-19-20-30-26-22-25-27(31-23(2)29-25)21-24(26)28(3,4)5/h21-22H,6-20H2,1-5H3. The van der Waals surface area contributed by atoms with Gasteiger partial charge < -0.3 is 9.15 Å². The fraction of sp³-hybridized carbons (Fsp3) is 0.750. The van der Waals surface area contributed by atoms with Crippen molar-refractivity contribution < 1.29 is 9.15 Å². The van der Waals surface area contributed by atoms with Crippen LogP contribution in [0, 0.1) is 6.92 Å². The molecule has 0 amide bonds. The van der Waals surface area contributed by atoms with Crippen molar-refractivity contribution in [3.63, 3.8) is 0 Å². The summed E-state index contributed by atoms with van der Waals surface area (Å²) in [5, 5.41) is 0. The molecule has 0 unspecified atom stereocenters. The van der Waals surface area contributed by atoms with E-state index >= 15 is 0 Å². The van der Waals surface area contributed by atoms with Crippen molar-refractivity contribution in [1.29, 1.82) is 0 Å². The number of benzene rings is 1. The number of oxazole rings is 1. The van der Waals surface area contributed by atoms with E-state index < -0.39 is 0 Å². The number of ether oxygens (including phenoxy) is 1. The van der Waals surface area contributed by atoms with Crippen LogP contribution in [0.15, 0.2) is 16.5 Å². The van der Waals surface area contributed by atoms with Crippen molar-refractivity contribution in [2.75, 3.05) is 6.61 Å². The first-order valence-corrected chi connectivity index (χ1v) is 13.0. The van der Waals surface area contributed by atoms with Gasteiger partial charge in [0, 0.05) is 18.6 Å². The predicted octanol–water partition coefficient (Wildman–Crippen LogP) is 9.29. The van der Waals surface area contributed by atoms with Gasteiger partial charge >= 0.3 is 0 Å². The summed E-state index contributed by atoms with van der Waals surface area (Å²) in [6, 6.07) is 4.16. The van der Waals surface area contributed by atoms with Gasteiger partial charge in [0.15, 0.2) is 11.5 Å². The van der Waals surface area contributed by atoms with Gasteiger partial charge in [-0.3, -0.25) is 0 Å². The number of rotatable bonds is 16. The van der Waals surface area contributed by atoms with E-state index in [1.54, 1.807) is 0 Å². The Hall–Kier alpha value is -1.51. The smallest absolute Gasteiger partial charge is 0.192 e.